The van der Waals surface area contributed by atoms with E-state index >= 15 is 0 Å². The lowest BCUT2D eigenvalue weighted by Crippen LogP contribution is -2.39. The molecule has 3 amide bonds. The molecule has 9 heteroatoms. The van der Waals surface area contributed by atoms with Crippen LogP contribution in [0.25, 0.3) is 0 Å². The zero-order valence-corrected chi connectivity index (χ0v) is 11.9. The summed E-state index contributed by atoms with van der Waals surface area (Å²) in [6.45, 7) is 4.05. The first-order chi connectivity index (χ1) is 9.86. The SMILES string of the molecule is CC(C)CNC(=O)CNC(=O)Nc1cnn(CC(=O)O)c1. The first kappa shape index (κ1) is 16.5. The van der Waals surface area contributed by atoms with Crippen molar-refractivity contribution >= 4 is 23.6 Å². The number of aromatic nitrogens is 2. The van der Waals surface area contributed by atoms with Crippen LogP contribution < -0.4 is 16.0 Å². The summed E-state index contributed by atoms with van der Waals surface area (Å²) in [6, 6.07) is -0.565. The van der Waals surface area contributed by atoms with Crippen LogP contribution in [-0.2, 0) is 16.1 Å². The molecule has 0 saturated heterocycles. The number of carbonyl (C=O) groups is 3. The first-order valence-electron chi connectivity index (χ1n) is 6.42. The van der Waals surface area contributed by atoms with Crippen LogP contribution in [0.5, 0.6) is 0 Å². The van der Waals surface area contributed by atoms with Gasteiger partial charge in [0.2, 0.25) is 5.91 Å². The number of carbonyl (C=O) groups excluding carboxylic acids is 2. The maximum Gasteiger partial charge on any atom is 0.325 e. The molecular weight excluding hydrogens is 278 g/mol. The molecule has 1 aromatic rings. The smallest absolute Gasteiger partial charge is 0.325 e. The van der Waals surface area contributed by atoms with Crippen LogP contribution in [0, 0.1) is 5.92 Å². The van der Waals surface area contributed by atoms with Gasteiger partial charge in [-0.15, -0.1) is 0 Å². The number of rotatable bonds is 7. The number of hydrogen-bond acceptors (Lipinski definition) is 4. The van der Waals surface area contributed by atoms with Gasteiger partial charge in [-0.1, -0.05) is 13.8 Å². The summed E-state index contributed by atoms with van der Waals surface area (Å²) in [5.41, 5.74) is 0.344. The third kappa shape index (κ3) is 6.95. The van der Waals surface area contributed by atoms with E-state index in [9.17, 15) is 14.4 Å². The molecule has 0 aliphatic carbocycles. The summed E-state index contributed by atoms with van der Waals surface area (Å²) in [7, 11) is 0. The van der Waals surface area contributed by atoms with Gasteiger partial charge in [-0.3, -0.25) is 14.3 Å². The van der Waals surface area contributed by atoms with Gasteiger partial charge in [0, 0.05) is 12.7 Å². The minimum absolute atomic E-state index is 0.137. The maximum absolute atomic E-state index is 11.5. The Morgan fingerprint density at radius 3 is 2.67 bits per heavy atom. The largest absolute Gasteiger partial charge is 0.480 e. The number of amides is 3. The van der Waals surface area contributed by atoms with Crippen molar-refractivity contribution in [3.8, 4) is 0 Å². The first-order valence-corrected chi connectivity index (χ1v) is 6.42. The Kier molecular flexibility index (Phi) is 6.18. The molecule has 0 aliphatic rings. The number of carboxylic acid groups (broad SMARTS) is 1. The van der Waals surface area contributed by atoms with Crippen LogP contribution in [0.4, 0.5) is 10.5 Å². The topological polar surface area (TPSA) is 125 Å². The van der Waals surface area contributed by atoms with Gasteiger partial charge in [0.15, 0.2) is 0 Å². The Labute approximate surface area is 121 Å². The minimum atomic E-state index is -1.03. The fraction of sp³-hybridized carbons (Fsp3) is 0.500. The van der Waals surface area contributed by atoms with Crippen molar-refractivity contribution in [3.63, 3.8) is 0 Å². The highest BCUT2D eigenvalue weighted by Crippen LogP contribution is 2.03. The van der Waals surface area contributed by atoms with E-state index in [1.54, 1.807) is 0 Å². The molecule has 0 saturated carbocycles. The van der Waals surface area contributed by atoms with Crippen molar-refractivity contribution < 1.29 is 19.5 Å². The Bertz CT molecular complexity index is 512. The molecule has 0 bridgehead atoms. The van der Waals surface area contributed by atoms with Gasteiger partial charge in [-0.25, -0.2) is 4.79 Å². The highest BCUT2D eigenvalue weighted by atomic mass is 16.4. The summed E-state index contributed by atoms with van der Waals surface area (Å²) in [5.74, 6) is -0.973. The van der Waals surface area contributed by atoms with Gasteiger partial charge in [0.1, 0.15) is 6.54 Å². The second-order valence-corrected chi connectivity index (χ2v) is 4.83. The Balaban J connectivity index is 2.31. The minimum Gasteiger partial charge on any atom is -0.480 e. The van der Waals surface area contributed by atoms with Crippen molar-refractivity contribution in [1.82, 2.24) is 20.4 Å². The Morgan fingerprint density at radius 2 is 2.05 bits per heavy atom. The van der Waals surface area contributed by atoms with Crippen LogP contribution in [0.3, 0.4) is 0 Å². The highest BCUT2D eigenvalue weighted by molar-refractivity contribution is 5.92. The number of anilines is 1. The van der Waals surface area contributed by atoms with Crippen molar-refractivity contribution in [2.75, 3.05) is 18.4 Å². The fourth-order valence-corrected chi connectivity index (χ4v) is 1.37. The van der Waals surface area contributed by atoms with Crippen molar-refractivity contribution in [1.29, 1.82) is 0 Å². The maximum atomic E-state index is 11.5. The number of aliphatic carboxylic acids is 1. The summed E-state index contributed by atoms with van der Waals surface area (Å²) in [6.07, 6.45) is 2.70. The van der Waals surface area contributed by atoms with E-state index in [0.29, 0.717) is 18.2 Å². The Hall–Kier alpha value is -2.58. The Morgan fingerprint density at radius 1 is 1.33 bits per heavy atom. The van der Waals surface area contributed by atoms with E-state index in [0.717, 1.165) is 0 Å². The van der Waals surface area contributed by atoms with Gasteiger partial charge in [-0.05, 0) is 5.92 Å². The number of hydrogen-bond donors (Lipinski definition) is 4. The highest BCUT2D eigenvalue weighted by Gasteiger charge is 2.08. The van der Waals surface area contributed by atoms with Crippen LogP contribution in [0.1, 0.15) is 13.8 Å². The monoisotopic (exact) mass is 297 g/mol. The van der Waals surface area contributed by atoms with Crippen LogP contribution in [-0.4, -0.2) is 45.9 Å². The van der Waals surface area contributed by atoms with Gasteiger partial charge in [-0.2, -0.15) is 5.10 Å². The molecule has 0 aliphatic heterocycles. The van der Waals surface area contributed by atoms with E-state index in [-0.39, 0.29) is 19.0 Å². The molecule has 9 nitrogen and oxygen atoms in total. The molecule has 0 spiro atoms. The van der Waals surface area contributed by atoms with Crippen LogP contribution >= 0.6 is 0 Å². The molecule has 0 aromatic carbocycles. The molecule has 4 N–H and O–H groups in total. The summed E-state index contributed by atoms with van der Waals surface area (Å²) >= 11 is 0. The molecule has 0 radical (unpaired) electrons. The predicted molar refractivity (Wildman–Crippen MR) is 74.7 cm³/mol. The lowest BCUT2D eigenvalue weighted by atomic mass is 10.2. The zero-order chi connectivity index (χ0) is 15.8. The van der Waals surface area contributed by atoms with Gasteiger partial charge in [0.05, 0.1) is 18.4 Å². The van der Waals surface area contributed by atoms with E-state index < -0.39 is 12.0 Å². The molecular formula is C12H19N5O4. The summed E-state index contributed by atoms with van der Waals surface area (Å²) in [4.78, 5) is 33.4. The molecule has 0 atom stereocenters. The van der Waals surface area contributed by atoms with E-state index in [1.165, 1.54) is 17.1 Å². The fourth-order valence-electron chi connectivity index (χ4n) is 1.37. The molecule has 116 valence electrons. The quantitative estimate of drug-likeness (QED) is 0.557. The van der Waals surface area contributed by atoms with Gasteiger partial charge >= 0.3 is 12.0 Å². The molecule has 21 heavy (non-hydrogen) atoms. The van der Waals surface area contributed by atoms with Gasteiger partial charge in [0.25, 0.3) is 0 Å². The van der Waals surface area contributed by atoms with Crippen molar-refractivity contribution in [2.24, 2.45) is 5.92 Å². The molecule has 1 heterocycles. The number of nitrogens with zero attached hydrogens (tertiary/aromatic N) is 2. The molecule has 0 fully saturated rings. The van der Waals surface area contributed by atoms with Crippen LogP contribution in [0.15, 0.2) is 12.4 Å². The van der Waals surface area contributed by atoms with Gasteiger partial charge < -0.3 is 21.1 Å². The standard InChI is InChI=1S/C12H19N5O4/c1-8(2)3-13-10(18)5-14-12(21)16-9-4-15-17(6-9)7-11(19)20/h4,6,8H,3,5,7H2,1-2H3,(H,13,18)(H,19,20)(H2,14,16,21). The lowest BCUT2D eigenvalue weighted by Gasteiger charge is -2.08. The van der Waals surface area contributed by atoms with Crippen molar-refractivity contribution in [2.45, 2.75) is 20.4 Å². The van der Waals surface area contributed by atoms with E-state index in [2.05, 4.69) is 21.0 Å². The summed E-state index contributed by atoms with van der Waals surface area (Å²) in [5, 5.41) is 19.9. The number of nitrogens with one attached hydrogen (secondary N) is 3. The molecule has 1 rings (SSSR count). The second-order valence-electron chi connectivity index (χ2n) is 4.83. The van der Waals surface area contributed by atoms with Crippen molar-refractivity contribution in [3.05, 3.63) is 12.4 Å². The average Bonchev–Trinajstić information content (AvgIpc) is 2.80. The molecule has 0 unspecified atom stereocenters. The average molecular weight is 297 g/mol. The normalized spacial score (nSPS) is 10.2. The summed E-state index contributed by atoms with van der Waals surface area (Å²) < 4.78 is 1.17. The second kappa shape index (κ2) is 7.88. The third-order valence-corrected chi connectivity index (χ3v) is 2.31. The number of carboxylic acids is 1. The molecule has 1 aromatic heterocycles. The van der Waals surface area contributed by atoms with Crippen LogP contribution in [0.2, 0.25) is 0 Å². The third-order valence-electron chi connectivity index (χ3n) is 2.31. The zero-order valence-electron chi connectivity index (χ0n) is 11.9. The predicted octanol–water partition coefficient (Wildman–Crippen LogP) is -0.139. The van der Waals surface area contributed by atoms with E-state index in [4.69, 9.17) is 5.11 Å². The van der Waals surface area contributed by atoms with E-state index in [1.807, 2.05) is 13.8 Å². The lowest BCUT2D eigenvalue weighted by molar-refractivity contribution is -0.137. The number of urea groups is 1.